The maximum Gasteiger partial charge on any atom is 0.471 e. The van der Waals surface area contributed by atoms with Gasteiger partial charge in [0.05, 0.1) is 6.42 Å². The number of rotatable bonds is 6. The minimum Gasteiger partial charge on any atom is -0.356 e. The van der Waals surface area contributed by atoms with Crippen LogP contribution < -0.4 is 10.6 Å². The van der Waals surface area contributed by atoms with Gasteiger partial charge in [-0.15, -0.1) is 0 Å². The molecule has 0 bridgehead atoms. The Labute approximate surface area is 114 Å². The standard InChI is InChI=1S/C13H15F3N2O2/c14-13(15,16)12(20)18-8-4-7-17-11(19)9-10-5-2-1-3-6-10/h1-3,5-6H,4,7-9H2,(H,17,19)(H,18,20). The van der Waals surface area contributed by atoms with Crippen LogP contribution in [0.2, 0.25) is 0 Å². The molecule has 1 aromatic carbocycles. The van der Waals surface area contributed by atoms with Crippen molar-refractivity contribution in [1.29, 1.82) is 0 Å². The lowest BCUT2D eigenvalue weighted by molar-refractivity contribution is -0.173. The van der Waals surface area contributed by atoms with Crippen molar-refractivity contribution in [1.82, 2.24) is 10.6 Å². The van der Waals surface area contributed by atoms with E-state index in [0.717, 1.165) is 5.56 Å². The van der Waals surface area contributed by atoms with Gasteiger partial charge in [-0.2, -0.15) is 13.2 Å². The van der Waals surface area contributed by atoms with Gasteiger partial charge >= 0.3 is 12.1 Å². The van der Waals surface area contributed by atoms with Crippen LogP contribution >= 0.6 is 0 Å². The molecule has 0 aliphatic rings. The number of hydrogen-bond acceptors (Lipinski definition) is 2. The van der Waals surface area contributed by atoms with E-state index in [2.05, 4.69) is 5.32 Å². The second kappa shape index (κ2) is 7.52. The van der Waals surface area contributed by atoms with Gasteiger partial charge in [-0.25, -0.2) is 0 Å². The maximum atomic E-state index is 11.8. The van der Waals surface area contributed by atoms with Gasteiger partial charge in [-0.05, 0) is 12.0 Å². The normalized spacial score (nSPS) is 10.9. The highest BCUT2D eigenvalue weighted by molar-refractivity contribution is 5.81. The van der Waals surface area contributed by atoms with E-state index in [1.54, 1.807) is 5.32 Å². The van der Waals surface area contributed by atoms with Gasteiger partial charge in [-0.3, -0.25) is 9.59 Å². The number of carbonyl (C=O) groups is 2. The fourth-order valence-electron chi connectivity index (χ4n) is 1.46. The number of benzene rings is 1. The van der Waals surface area contributed by atoms with E-state index in [1.165, 1.54) is 0 Å². The number of carbonyl (C=O) groups excluding carboxylic acids is 2. The van der Waals surface area contributed by atoms with Crippen LogP contribution in [0, 0.1) is 0 Å². The highest BCUT2D eigenvalue weighted by Gasteiger charge is 2.38. The van der Waals surface area contributed by atoms with E-state index >= 15 is 0 Å². The highest BCUT2D eigenvalue weighted by atomic mass is 19.4. The molecule has 4 nitrogen and oxygen atoms in total. The molecule has 20 heavy (non-hydrogen) atoms. The van der Waals surface area contributed by atoms with E-state index in [1.807, 2.05) is 30.3 Å². The molecule has 0 fully saturated rings. The van der Waals surface area contributed by atoms with Crippen molar-refractivity contribution in [3.63, 3.8) is 0 Å². The van der Waals surface area contributed by atoms with Crippen molar-refractivity contribution < 1.29 is 22.8 Å². The van der Waals surface area contributed by atoms with Gasteiger partial charge in [0.2, 0.25) is 5.91 Å². The van der Waals surface area contributed by atoms with Crippen molar-refractivity contribution in [2.75, 3.05) is 13.1 Å². The number of alkyl halides is 3. The second-order valence-electron chi connectivity index (χ2n) is 4.12. The molecule has 0 aliphatic carbocycles. The summed E-state index contributed by atoms with van der Waals surface area (Å²) >= 11 is 0. The van der Waals surface area contributed by atoms with Crippen molar-refractivity contribution in [2.24, 2.45) is 0 Å². The van der Waals surface area contributed by atoms with E-state index in [4.69, 9.17) is 0 Å². The first kappa shape index (κ1) is 16.0. The molecule has 0 atom stereocenters. The molecule has 0 unspecified atom stereocenters. The molecular formula is C13H15F3N2O2. The topological polar surface area (TPSA) is 58.2 Å². The SMILES string of the molecule is O=C(Cc1ccccc1)NCCCNC(=O)C(F)(F)F. The van der Waals surface area contributed by atoms with Gasteiger partial charge in [0.25, 0.3) is 0 Å². The number of amides is 2. The van der Waals surface area contributed by atoms with Crippen LogP contribution in [-0.4, -0.2) is 31.1 Å². The molecule has 0 saturated heterocycles. The number of hydrogen-bond donors (Lipinski definition) is 2. The lowest BCUT2D eigenvalue weighted by Gasteiger charge is -2.08. The summed E-state index contributed by atoms with van der Waals surface area (Å²) in [5, 5.41) is 4.30. The molecule has 0 aromatic heterocycles. The Morgan fingerprint density at radius 2 is 1.60 bits per heavy atom. The van der Waals surface area contributed by atoms with Gasteiger partial charge < -0.3 is 10.6 Å². The van der Waals surface area contributed by atoms with Crippen molar-refractivity contribution in [2.45, 2.75) is 19.0 Å². The molecule has 0 heterocycles. The van der Waals surface area contributed by atoms with Gasteiger partial charge in [0.1, 0.15) is 0 Å². The summed E-state index contributed by atoms with van der Waals surface area (Å²) in [5.74, 6) is -2.17. The van der Waals surface area contributed by atoms with Crippen LogP contribution in [0.1, 0.15) is 12.0 Å². The summed E-state index contributed by atoms with van der Waals surface area (Å²) in [6, 6.07) is 9.08. The summed E-state index contributed by atoms with van der Waals surface area (Å²) in [4.78, 5) is 22.0. The van der Waals surface area contributed by atoms with Crippen molar-refractivity contribution >= 4 is 11.8 Å². The Hall–Kier alpha value is -2.05. The second-order valence-corrected chi connectivity index (χ2v) is 4.12. The first-order valence-electron chi connectivity index (χ1n) is 6.05. The Balaban J connectivity index is 2.13. The minimum absolute atomic E-state index is 0.135. The molecule has 7 heteroatoms. The molecule has 2 amide bonds. The third-order valence-corrected chi connectivity index (χ3v) is 2.43. The van der Waals surface area contributed by atoms with Crippen LogP contribution in [-0.2, 0) is 16.0 Å². The Morgan fingerprint density at radius 3 is 2.20 bits per heavy atom. The first-order valence-corrected chi connectivity index (χ1v) is 6.05. The van der Waals surface area contributed by atoms with Gasteiger partial charge in [-0.1, -0.05) is 30.3 Å². The molecule has 0 saturated carbocycles. The van der Waals surface area contributed by atoms with E-state index < -0.39 is 12.1 Å². The average Bonchev–Trinajstić information content (AvgIpc) is 2.38. The fourth-order valence-corrected chi connectivity index (χ4v) is 1.46. The number of nitrogens with one attached hydrogen (secondary N) is 2. The molecule has 2 N–H and O–H groups in total. The van der Waals surface area contributed by atoms with Gasteiger partial charge in [0, 0.05) is 13.1 Å². The largest absolute Gasteiger partial charge is 0.471 e. The predicted octanol–water partition coefficient (Wildman–Crippen LogP) is 1.41. The zero-order valence-corrected chi connectivity index (χ0v) is 10.7. The summed E-state index contributed by atoms with van der Waals surface area (Å²) in [6.07, 6.45) is -4.41. The molecule has 110 valence electrons. The van der Waals surface area contributed by atoms with E-state index in [0.29, 0.717) is 0 Å². The molecule has 0 spiro atoms. The lowest BCUT2D eigenvalue weighted by Crippen LogP contribution is -2.38. The molecule has 1 aromatic rings. The Morgan fingerprint density at radius 1 is 1.00 bits per heavy atom. The third kappa shape index (κ3) is 6.21. The van der Waals surface area contributed by atoms with Crippen LogP contribution in [0.3, 0.4) is 0 Å². The van der Waals surface area contributed by atoms with E-state index in [-0.39, 0.29) is 31.8 Å². The Bertz CT molecular complexity index is 447. The van der Waals surface area contributed by atoms with Gasteiger partial charge in [0.15, 0.2) is 0 Å². The van der Waals surface area contributed by atoms with Crippen LogP contribution in [0.25, 0.3) is 0 Å². The summed E-state index contributed by atoms with van der Waals surface area (Å²) in [5.41, 5.74) is 0.857. The van der Waals surface area contributed by atoms with Crippen LogP contribution in [0.4, 0.5) is 13.2 Å². The zero-order chi connectivity index (χ0) is 15.0. The van der Waals surface area contributed by atoms with Crippen molar-refractivity contribution in [3.8, 4) is 0 Å². The third-order valence-electron chi connectivity index (χ3n) is 2.43. The Kier molecular flexibility index (Phi) is 6.02. The lowest BCUT2D eigenvalue weighted by atomic mass is 10.1. The molecule has 0 radical (unpaired) electrons. The molecule has 0 aliphatic heterocycles. The molecular weight excluding hydrogens is 273 g/mol. The van der Waals surface area contributed by atoms with Crippen LogP contribution in [0.15, 0.2) is 30.3 Å². The minimum atomic E-state index is -4.86. The monoisotopic (exact) mass is 288 g/mol. The predicted molar refractivity (Wildman–Crippen MR) is 66.8 cm³/mol. The zero-order valence-electron chi connectivity index (χ0n) is 10.7. The highest BCUT2D eigenvalue weighted by Crippen LogP contribution is 2.13. The quantitative estimate of drug-likeness (QED) is 0.778. The maximum absolute atomic E-state index is 11.8. The van der Waals surface area contributed by atoms with Crippen LogP contribution in [0.5, 0.6) is 0 Å². The summed E-state index contributed by atoms with van der Waals surface area (Å²) in [6.45, 7) is 0.0771. The smallest absolute Gasteiger partial charge is 0.356 e. The van der Waals surface area contributed by atoms with Crippen molar-refractivity contribution in [3.05, 3.63) is 35.9 Å². The van der Waals surface area contributed by atoms with E-state index in [9.17, 15) is 22.8 Å². The average molecular weight is 288 g/mol. The summed E-state index contributed by atoms with van der Waals surface area (Å²) < 4.78 is 35.5. The summed E-state index contributed by atoms with van der Waals surface area (Å²) in [7, 11) is 0. The fraction of sp³-hybridized carbons (Fsp3) is 0.385. The number of halogens is 3. The first-order chi connectivity index (χ1) is 9.39. The molecule has 1 rings (SSSR count).